The lowest BCUT2D eigenvalue weighted by molar-refractivity contribution is -0.127. The van der Waals surface area contributed by atoms with Crippen molar-refractivity contribution in [1.82, 2.24) is 5.32 Å². The zero-order chi connectivity index (χ0) is 19.4. The molecule has 6 nitrogen and oxygen atoms in total. The van der Waals surface area contributed by atoms with Gasteiger partial charge in [0.25, 0.3) is 5.91 Å². The van der Waals surface area contributed by atoms with Crippen molar-refractivity contribution in [3.05, 3.63) is 59.9 Å². The fraction of sp³-hybridized carbons (Fsp3) is 0.300. The van der Waals surface area contributed by atoms with Gasteiger partial charge in [0.05, 0.1) is 12.6 Å². The molecule has 3 rings (SSSR count). The molecule has 2 atom stereocenters. The van der Waals surface area contributed by atoms with Crippen LogP contribution in [0.15, 0.2) is 48.5 Å². The summed E-state index contributed by atoms with van der Waals surface area (Å²) in [5, 5.41) is 2.87. The van der Waals surface area contributed by atoms with E-state index in [1.54, 1.807) is 17.9 Å². The molecule has 1 heterocycles. The van der Waals surface area contributed by atoms with Crippen molar-refractivity contribution in [2.45, 2.75) is 26.0 Å². The Balaban J connectivity index is 1.63. The molecule has 2 aromatic rings. The number of anilines is 1. The number of nitrogens with one attached hydrogen (secondary N) is 1. The summed E-state index contributed by atoms with van der Waals surface area (Å²) in [6.07, 6.45) is -1.16. The molecule has 1 saturated heterocycles. The number of hydrogen-bond donors (Lipinski definition) is 1. The van der Waals surface area contributed by atoms with Gasteiger partial charge >= 0.3 is 6.09 Å². The van der Waals surface area contributed by atoms with Crippen LogP contribution in [0.5, 0.6) is 5.75 Å². The van der Waals surface area contributed by atoms with Crippen LogP contribution in [0.4, 0.5) is 14.9 Å². The van der Waals surface area contributed by atoms with Crippen LogP contribution in [0.3, 0.4) is 0 Å². The average Bonchev–Trinajstić information content (AvgIpc) is 3.07. The van der Waals surface area contributed by atoms with E-state index in [0.717, 1.165) is 11.3 Å². The Morgan fingerprint density at radius 1 is 1.22 bits per heavy atom. The number of cyclic esters (lactones) is 1. The van der Waals surface area contributed by atoms with Crippen LogP contribution in [0.2, 0.25) is 0 Å². The molecule has 2 amide bonds. The van der Waals surface area contributed by atoms with Gasteiger partial charge in [-0.3, -0.25) is 9.69 Å². The standard InChI is InChI=1S/C20H21FN2O4/c1-13(15-5-3-7-17(11-15)23-9-10-26-20(23)25)22-19(24)14(2)27-18-8-4-6-16(21)12-18/h3-8,11-14H,9-10H2,1-2H3,(H,22,24). The molecule has 2 aromatic carbocycles. The number of halogens is 1. The van der Waals surface area contributed by atoms with Crippen LogP contribution in [0, 0.1) is 5.82 Å². The molecule has 142 valence electrons. The van der Waals surface area contributed by atoms with Crippen LogP contribution >= 0.6 is 0 Å². The van der Waals surface area contributed by atoms with Crippen molar-refractivity contribution in [2.24, 2.45) is 0 Å². The molecular weight excluding hydrogens is 351 g/mol. The fourth-order valence-electron chi connectivity index (χ4n) is 2.80. The summed E-state index contributed by atoms with van der Waals surface area (Å²) in [4.78, 5) is 25.7. The minimum atomic E-state index is -0.786. The number of benzene rings is 2. The van der Waals surface area contributed by atoms with Crippen LogP contribution in [-0.2, 0) is 9.53 Å². The Morgan fingerprint density at radius 2 is 2.00 bits per heavy atom. The Kier molecular flexibility index (Phi) is 5.59. The molecule has 1 fully saturated rings. The van der Waals surface area contributed by atoms with Crippen LogP contribution in [0.25, 0.3) is 0 Å². The van der Waals surface area contributed by atoms with Gasteiger partial charge in [0, 0.05) is 11.8 Å². The predicted octanol–water partition coefficient (Wildman–Crippen LogP) is 3.43. The number of carbonyl (C=O) groups excluding carboxylic acids is 2. The lowest BCUT2D eigenvalue weighted by Crippen LogP contribution is -2.37. The number of nitrogens with zero attached hydrogens (tertiary/aromatic N) is 1. The molecule has 0 spiro atoms. The van der Waals surface area contributed by atoms with E-state index in [4.69, 9.17) is 9.47 Å². The van der Waals surface area contributed by atoms with Gasteiger partial charge in [0.1, 0.15) is 18.2 Å². The van der Waals surface area contributed by atoms with E-state index >= 15 is 0 Å². The first-order valence-corrected chi connectivity index (χ1v) is 8.71. The minimum absolute atomic E-state index is 0.292. The van der Waals surface area contributed by atoms with Gasteiger partial charge in [0.2, 0.25) is 0 Å². The largest absolute Gasteiger partial charge is 0.481 e. The second-order valence-electron chi connectivity index (χ2n) is 6.31. The molecule has 2 unspecified atom stereocenters. The van der Waals surface area contributed by atoms with Gasteiger partial charge in [0.15, 0.2) is 6.10 Å². The van der Waals surface area contributed by atoms with E-state index in [-0.39, 0.29) is 18.0 Å². The summed E-state index contributed by atoms with van der Waals surface area (Å²) in [6.45, 7) is 4.31. The van der Waals surface area contributed by atoms with Crippen molar-refractivity contribution >= 4 is 17.7 Å². The summed E-state index contributed by atoms with van der Waals surface area (Å²) >= 11 is 0. The zero-order valence-electron chi connectivity index (χ0n) is 15.1. The van der Waals surface area contributed by atoms with Gasteiger partial charge < -0.3 is 14.8 Å². The SMILES string of the molecule is CC(Oc1cccc(F)c1)C(=O)NC(C)c1cccc(N2CCOC2=O)c1. The summed E-state index contributed by atoms with van der Waals surface area (Å²) in [5.74, 6) is -0.455. The molecule has 0 bridgehead atoms. The Morgan fingerprint density at radius 3 is 2.70 bits per heavy atom. The summed E-state index contributed by atoms with van der Waals surface area (Å²) in [5.41, 5.74) is 1.57. The minimum Gasteiger partial charge on any atom is -0.481 e. The molecule has 0 saturated carbocycles. The molecule has 1 aliphatic heterocycles. The maximum Gasteiger partial charge on any atom is 0.414 e. The van der Waals surface area contributed by atoms with Crippen molar-refractivity contribution in [1.29, 1.82) is 0 Å². The normalized spacial score (nSPS) is 15.8. The molecule has 0 aromatic heterocycles. The number of carbonyl (C=O) groups is 2. The highest BCUT2D eigenvalue weighted by molar-refractivity contribution is 5.89. The Labute approximate surface area is 156 Å². The second-order valence-corrected chi connectivity index (χ2v) is 6.31. The third-order valence-electron chi connectivity index (χ3n) is 4.28. The van der Waals surface area contributed by atoms with Gasteiger partial charge in [-0.1, -0.05) is 18.2 Å². The first kappa shape index (κ1) is 18.7. The molecule has 27 heavy (non-hydrogen) atoms. The van der Waals surface area contributed by atoms with Gasteiger partial charge in [-0.25, -0.2) is 9.18 Å². The number of rotatable bonds is 6. The van der Waals surface area contributed by atoms with E-state index < -0.39 is 11.9 Å². The van der Waals surface area contributed by atoms with Crippen LogP contribution in [0.1, 0.15) is 25.5 Å². The van der Waals surface area contributed by atoms with Crippen LogP contribution in [-0.4, -0.2) is 31.3 Å². The zero-order valence-corrected chi connectivity index (χ0v) is 15.1. The third-order valence-corrected chi connectivity index (χ3v) is 4.28. The Bertz CT molecular complexity index is 842. The summed E-state index contributed by atoms with van der Waals surface area (Å²) in [6, 6.07) is 12.7. The summed E-state index contributed by atoms with van der Waals surface area (Å²) in [7, 11) is 0. The van der Waals surface area contributed by atoms with E-state index in [9.17, 15) is 14.0 Å². The van der Waals surface area contributed by atoms with Crippen molar-refractivity contribution < 1.29 is 23.5 Å². The molecular formula is C20H21FN2O4. The van der Waals surface area contributed by atoms with Gasteiger partial charge in [-0.05, 0) is 43.7 Å². The molecule has 7 heteroatoms. The van der Waals surface area contributed by atoms with Crippen LogP contribution < -0.4 is 15.0 Å². The predicted molar refractivity (Wildman–Crippen MR) is 98.2 cm³/mol. The lowest BCUT2D eigenvalue weighted by atomic mass is 10.1. The molecule has 0 radical (unpaired) electrons. The topological polar surface area (TPSA) is 67.9 Å². The number of ether oxygens (including phenoxy) is 2. The van der Waals surface area contributed by atoms with Gasteiger partial charge in [-0.15, -0.1) is 0 Å². The highest BCUT2D eigenvalue weighted by Crippen LogP contribution is 2.23. The fourth-order valence-corrected chi connectivity index (χ4v) is 2.80. The summed E-state index contributed by atoms with van der Waals surface area (Å²) < 4.78 is 23.7. The first-order valence-electron chi connectivity index (χ1n) is 8.71. The average molecular weight is 372 g/mol. The van der Waals surface area contributed by atoms with E-state index in [1.807, 2.05) is 31.2 Å². The number of hydrogen-bond acceptors (Lipinski definition) is 4. The van der Waals surface area contributed by atoms with Gasteiger partial charge in [-0.2, -0.15) is 0 Å². The maximum absolute atomic E-state index is 13.2. The highest BCUT2D eigenvalue weighted by atomic mass is 19.1. The van der Waals surface area contributed by atoms with E-state index in [1.165, 1.54) is 18.2 Å². The monoisotopic (exact) mass is 372 g/mol. The van der Waals surface area contributed by atoms with E-state index in [0.29, 0.717) is 18.9 Å². The molecule has 0 aliphatic carbocycles. The van der Waals surface area contributed by atoms with Crippen molar-refractivity contribution in [2.75, 3.05) is 18.1 Å². The molecule has 1 N–H and O–H groups in total. The van der Waals surface area contributed by atoms with Crippen molar-refractivity contribution in [3.8, 4) is 5.75 Å². The third kappa shape index (κ3) is 4.55. The highest BCUT2D eigenvalue weighted by Gasteiger charge is 2.24. The smallest absolute Gasteiger partial charge is 0.414 e. The number of amides is 2. The van der Waals surface area contributed by atoms with E-state index in [2.05, 4.69) is 5.32 Å². The maximum atomic E-state index is 13.2. The lowest BCUT2D eigenvalue weighted by Gasteiger charge is -2.20. The quantitative estimate of drug-likeness (QED) is 0.844. The second kappa shape index (κ2) is 8.07. The Hall–Kier alpha value is -3.09. The first-order chi connectivity index (χ1) is 12.9. The van der Waals surface area contributed by atoms with Crippen molar-refractivity contribution in [3.63, 3.8) is 0 Å². The molecule has 1 aliphatic rings.